The van der Waals surface area contributed by atoms with Crippen molar-refractivity contribution >= 4 is 16.8 Å². The number of nitrogens with one attached hydrogen (secondary N) is 1. The molecule has 122 valence electrons. The Morgan fingerprint density at radius 1 is 1.04 bits per heavy atom. The molecule has 3 aromatic heterocycles. The summed E-state index contributed by atoms with van der Waals surface area (Å²) in [6.45, 7) is 0. The number of aromatic nitrogens is 4. The molecular formula is C18H12N4O3. The van der Waals surface area contributed by atoms with Gasteiger partial charge in [0.25, 0.3) is 0 Å². The van der Waals surface area contributed by atoms with Crippen molar-refractivity contribution < 1.29 is 15.0 Å². The zero-order valence-corrected chi connectivity index (χ0v) is 12.8. The molecule has 0 spiro atoms. The molecule has 4 aromatic rings. The number of phenols is 1. The van der Waals surface area contributed by atoms with Gasteiger partial charge in [-0.25, -0.2) is 4.98 Å². The number of nitrogens with zero attached hydrogens (tertiary/aromatic N) is 3. The highest BCUT2D eigenvalue weighted by Crippen LogP contribution is 2.34. The molecule has 0 saturated heterocycles. The lowest BCUT2D eigenvalue weighted by Gasteiger charge is -2.06. The quantitative estimate of drug-likeness (QED) is 0.497. The average Bonchev–Trinajstić information content (AvgIpc) is 3.06. The van der Waals surface area contributed by atoms with E-state index in [1.165, 1.54) is 24.5 Å². The monoisotopic (exact) mass is 332 g/mol. The van der Waals surface area contributed by atoms with Crippen molar-refractivity contribution in [2.24, 2.45) is 0 Å². The molecule has 0 aliphatic rings. The van der Waals surface area contributed by atoms with Crippen molar-refractivity contribution in [2.75, 3.05) is 0 Å². The van der Waals surface area contributed by atoms with E-state index >= 15 is 0 Å². The minimum atomic E-state index is -0.233. The van der Waals surface area contributed by atoms with Crippen molar-refractivity contribution in [2.45, 2.75) is 0 Å². The number of H-pyrrole nitrogens is 1. The van der Waals surface area contributed by atoms with Gasteiger partial charge in [0.05, 0.1) is 11.8 Å². The first kappa shape index (κ1) is 14.8. The third kappa shape index (κ3) is 2.47. The Bertz CT molecular complexity index is 1090. The van der Waals surface area contributed by atoms with E-state index in [2.05, 4.69) is 20.2 Å². The second-order valence-corrected chi connectivity index (χ2v) is 5.43. The lowest BCUT2D eigenvalue weighted by molar-refractivity contribution is 0.104. The van der Waals surface area contributed by atoms with Gasteiger partial charge in [-0.2, -0.15) is 5.10 Å². The van der Waals surface area contributed by atoms with Gasteiger partial charge in [-0.1, -0.05) is 0 Å². The van der Waals surface area contributed by atoms with E-state index in [0.29, 0.717) is 33.3 Å². The highest BCUT2D eigenvalue weighted by molar-refractivity contribution is 6.18. The summed E-state index contributed by atoms with van der Waals surface area (Å²) in [7, 11) is 0. The summed E-state index contributed by atoms with van der Waals surface area (Å²) in [5, 5.41) is 27.9. The summed E-state index contributed by atoms with van der Waals surface area (Å²) in [6.07, 6.45) is 4.52. The Kier molecular flexibility index (Phi) is 3.39. The minimum absolute atomic E-state index is 0.0855. The molecule has 1 aromatic carbocycles. The molecule has 0 unspecified atom stereocenters. The van der Waals surface area contributed by atoms with Gasteiger partial charge < -0.3 is 15.2 Å². The Labute approximate surface area is 141 Å². The van der Waals surface area contributed by atoms with E-state index in [1.807, 2.05) is 0 Å². The summed E-state index contributed by atoms with van der Waals surface area (Å²) in [5.41, 5.74) is 2.27. The summed E-state index contributed by atoms with van der Waals surface area (Å²) in [5.74, 6) is -0.299. The van der Waals surface area contributed by atoms with Crippen molar-refractivity contribution in [3.05, 3.63) is 66.1 Å². The number of benzene rings is 1. The summed E-state index contributed by atoms with van der Waals surface area (Å²) < 4.78 is 0. The zero-order valence-electron chi connectivity index (χ0n) is 12.8. The smallest absolute Gasteiger partial charge is 0.218 e. The maximum absolute atomic E-state index is 12.9. The molecule has 7 nitrogen and oxygen atoms in total. The second kappa shape index (κ2) is 5.72. The number of aromatic amines is 1. The Morgan fingerprint density at radius 3 is 2.60 bits per heavy atom. The average molecular weight is 332 g/mol. The fraction of sp³-hybridized carbons (Fsp3) is 0. The molecule has 0 atom stereocenters. The fourth-order valence-corrected chi connectivity index (χ4v) is 2.73. The molecule has 7 heteroatoms. The summed E-state index contributed by atoms with van der Waals surface area (Å²) in [6, 6.07) is 9.39. The second-order valence-electron chi connectivity index (χ2n) is 5.43. The molecule has 0 amide bonds. The Morgan fingerprint density at radius 2 is 1.84 bits per heavy atom. The number of aromatic hydroxyl groups is 2. The van der Waals surface area contributed by atoms with E-state index in [4.69, 9.17) is 0 Å². The maximum Gasteiger partial charge on any atom is 0.218 e. The van der Waals surface area contributed by atoms with Crippen LogP contribution < -0.4 is 0 Å². The van der Waals surface area contributed by atoms with E-state index in [1.54, 1.807) is 30.5 Å². The predicted molar refractivity (Wildman–Crippen MR) is 90.3 cm³/mol. The first-order chi connectivity index (χ1) is 12.1. The van der Waals surface area contributed by atoms with E-state index in [-0.39, 0.29) is 17.4 Å². The van der Waals surface area contributed by atoms with Gasteiger partial charge in [-0.15, -0.1) is 5.10 Å². The molecule has 3 heterocycles. The van der Waals surface area contributed by atoms with Crippen LogP contribution in [0.3, 0.4) is 0 Å². The van der Waals surface area contributed by atoms with Crippen LogP contribution in [0.2, 0.25) is 0 Å². The SMILES string of the molecule is O=C(c1ccc(O)cc1)c1c[nH]c2nncc(-c3cccnc3O)c12. The standard InChI is InChI=1S/C18H12N4O3/c23-11-5-3-10(4-6-11)16(24)14-8-20-17-15(14)13(9-21-22-17)12-2-1-7-19-18(12)25/h1-9,23H,(H,19,25)(H,20,22). The third-order valence-electron chi connectivity index (χ3n) is 3.92. The number of pyridine rings is 1. The van der Waals surface area contributed by atoms with E-state index in [0.717, 1.165) is 0 Å². The van der Waals surface area contributed by atoms with Crippen LogP contribution >= 0.6 is 0 Å². The number of fused-ring (bicyclic) bond motifs is 1. The van der Waals surface area contributed by atoms with Crippen molar-refractivity contribution in [3.8, 4) is 22.8 Å². The van der Waals surface area contributed by atoms with Crippen LogP contribution in [0.25, 0.3) is 22.2 Å². The van der Waals surface area contributed by atoms with Gasteiger partial charge in [0.15, 0.2) is 11.4 Å². The molecule has 0 aliphatic carbocycles. The van der Waals surface area contributed by atoms with Crippen LogP contribution in [0.15, 0.2) is 55.0 Å². The highest BCUT2D eigenvalue weighted by Gasteiger charge is 2.20. The molecule has 0 bridgehead atoms. The summed E-state index contributed by atoms with van der Waals surface area (Å²) >= 11 is 0. The molecular weight excluding hydrogens is 320 g/mol. The fourth-order valence-electron chi connectivity index (χ4n) is 2.73. The molecule has 0 saturated carbocycles. The van der Waals surface area contributed by atoms with E-state index < -0.39 is 0 Å². The van der Waals surface area contributed by atoms with Crippen LogP contribution in [-0.4, -0.2) is 36.2 Å². The van der Waals surface area contributed by atoms with Crippen molar-refractivity contribution in [1.29, 1.82) is 0 Å². The maximum atomic E-state index is 12.9. The number of rotatable bonds is 3. The number of phenolic OH excluding ortho intramolecular Hbond substituents is 1. The van der Waals surface area contributed by atoms with Crippen LogP contribution in [0.5, 0.6) is 11.6 Å². The number of ketones is 1. The van der Waals surface area contributed by atoms with Gasteiger partial charge in [-0.05, 0) is 36.4 Å². The van der Waals surface area contributed by atoms with Crippen molar-refractivity contribution in [3.63, 3.8) is 0 Å². The highest BCUT2D eigenvalue weighted by atomic mass is 16.3. The lowest BCUT2D eigenvalue weighted by atomic mass is 9.98. The normalized spacial score (nSPS) is 10.9. The van der Waals surface area contributed by atoms with E-state index in [9.17, 15) is 15.0 Å². The predicted octanol–water partition coefficient (Wildman–Crippen LogP) is 2.66. The minimum Gasteiger partial charge on any atom is -0.508 e. The first-order valence-electron chi connectivity index (χ1n) is 7.46. The molecule has 3 N–H and O–H groups in total. The topological polar surface area (TPSA) is 112 Å². The number of carbonyl (C=O) groups excluding carboxylic acids is 1. The third-order valence-corrected chi connectivity index (χ3v) is 3.92. The van der Waals surface area contributed by atoms with Gasteiger partial charge in [0.2, 0.25) is 5.88 Å². The van der Waals surface area contributed by atoms with Gasteiger partial charge in [0.1, 0.15) is 5.75 Å². The first-order valence-corrected chi connectivity index (χ1v) is 7.46. The van der Waals surface area contributed by atoms with Gasteiger partial charge in [0, 0.05) is 34.5 Å². The van der Waals surface area contributed by atoms with Crippen LogP contribution in [0.4, 0.5) is 0 Å². The molecule has 0 aliphatic heterocycles. The number of hydrogen-bond acceptors (Lipinski definition) is 6. The summed E-state index contributed by atoms with van der Waals surface area (Å²) in [4.78, 5) is 19.7. The van der Waals surface area contributed by atoms with Crippen LogP contribution in [-0.2, 0) is 0 Å². The van der Waals surface area contributed by atoms with Crippen LogP contribution in [0, 0.1) is 0 Å². The van der Waals surface area contributed by atoms with Crippen molar-refractivity contribution in [1.82, 2.24) is 20.2 Å². The number of carbonyl (C=O) groups is 1. The zero-order chi connectivity index (χ0) is 17.4. The molecule has 25 heavy (non-hydrogen) atoms. The molecule has 4 rings (SSSR count). The largest absolute Gasteiger partial charge is 0.508 e. The lowest BCUT2D eigenvalue weighted by Crippen LogP contribution is -2.01. The molecule has 0 fully saturated rings. The Hall–Kier alpha value is -3.74. The van der Waals surface area contributed by atoms with Gasteiger partial charge >= 0.3 is 0 Å². The Balaban J connectivity index is 1.93. The van der Waals surface area contributed by atoms with Crippen LogP contribution in [0.1, 0.15) is 15.9 Å². The molecule has 0 radical (unpaired) electrons. The van der Waals surface area contributed by atoms with Gasteiger partial charge in [-0.3, -0.25) is 4.79 Å². The number of hydrogen-bond donors (Lipinski definition) is 3.